The molecule has 2 heterocycles. The number of pyridine rings is 2. The Kier molecular flexibility index (Phi) is 9.03. The monoisotopic (exact) mass is 443 g/mol. The normalized spacial score (nSPS) is 11.1. The summed E-state index contributed by atoms with van der Waals surface area (Å²) in [5, 5.41) is 9.70. The Balaban J connectivity index is 0.00000210. The predicted octanol–water partition coefficient (Wildman–Crippen LogP) is 3.27. The highest BCUT2D eigenvalue weighted by molar-refractivity contribution is 6.05. The zero-order chi connectivity index (χ0) is 19.4. The van der Waals surface area contributed by atoms with Gasteiger partial charge < -0.3 is 20.3 Å². The van der Waals surface area contributed by atoms with Gasteiger partial charge in [-0.2, -0.15) is 0 Å². The summed E-state index contributed by atoms with van der Waals surface area (Å²) >= 11 is 0. The van der Waals surface area contributed by atoms with Gasteiger partial charge in [0.05, 0.1) is 7.11 Å². The minimum Gasteiger partial charge on any atom is -0.491 e. The second kappa shape index (κ2) is 10.8. The van der Waals surface area contributed by atoms with Crippen molar-refractivity contribution in [3.05, 3.63) is 59.7 Å². The molecule has 156 valence electrons. The number of aromatic nitrogens is 2. The first-order valence-corrected chi connectivity index (χ1v) is 8.18. The number of nitrogens with two attached hydrogens (primary N) is 1. The highest BCUT2D eigenvalue weighted by atomic mass is 35.5. The van der Waals surface area contributed by atoms with Crippen molar-refractivity contribution in [2.24, 2.45) is 5.73 Å². The third-order valence-corrected chi connectivity index (χ3v) is 3.94. The summed E-state index contributed by atoms with van der Waals surface area (Å²) in [5.41, 5.74) is 6.60. The van der Waals surface area contributed by atoms with Gasteiger partial charge >= 0.3 is 5.97 Å². The molecule has 3 aromatic rings. The molecule has 1 aromatic carbocycles. The number of carboxylic acids is 1. The largest absolute Gasteiger partial charge is 0.491 e. The quantitative estimate of drug-likeness (QED) is 0.576. The molecule has 0 bridgehead atoms. The molecule has 1 atom stereocenters. The maximum absolute atomic E-state index is 14.3. The lowest BCUT2D eigenvalue weighted by molar-refractivity contribution is 0.0694. The molecule has 0 unspecified atom stereocenters. The van der Waals surface area contributed by atoms with E-state index in [2.05, 4.69) is 9.97 Å². The maximum atomic E-state index is 14.3. The summed E-state index contributed by atoms with van der Waals surface area (Å²) in [7, 11) is 1.52. The van der Waals surface area contributed by atoms with Crippen LogP contribution in [0.5, 0.6) is 11.6 Å². The number of carboxylic acid groups (broad SMARTS) is 1. The van der Waals surface area contributed by atoms with Gasteiger partial charge in [-0.25, -0.2) is 14.2 Å². The van der Waals surface area contributed by atoms with E-state index in [4.69, 9.17) is 15.2 Å². The van der Waals surface area contributed by atoms with Crippen LogP contribution in [-0.2, 0) is 6.42 Å². The Morgan fingerprint density at radius 2 is 2.03 bits per heavy atom. The molecule has 7 nitrogen and oxygen atoms in total. The Hall–Kier alpha value is -2.68. The molecule has 0 aliphatic heterocycles. The fraction of sp³-hybridized carbons (Fsp3) is 0.211. The van der Waals surface area contributed by atoms with Crippen LogP contribution in [0.4, 0.5) is 4.39 Å². The zero-order valence-corrected chi connectivity index (χ0v) is 17.0. The molecule has 0 fully saturated rings. The Bertz CT molecular complexity index is 991. The number of nitrogens with zero attached hydrogens (tertiary/aromatic N) is 2. The van der Waals surface area contributed by atoms with Crippen molar-refractivity contribution in [1.29, 1.82) is 0 Å². The minimum atomic E-state index is -1.23. The van der Waals surface area contributed by atoms with Gasteiger partial charge in [0.25, 0.3) is 0 Å². The number of fused-ring (bicyclic) bond motifs is 1. The molecule has 0 aliphatic rings. The average molecular weight is 444 g/mol. The van der Waals surface area contributed by atoms with Crippen molar-refractivity contribution in [2.75, 3.05) is 13.7 Å². The molecule has 0 saturated heterocycles. The molecule has 3 N–H and O–H groups in total. The van der Waals surface area contributed by atoms with Gasteiger partial charge in [0.1, 0.15) is 23.4 Å². The van der Waals surface area contributed by atoms with Crippen LogP contribution >= 0.6 is 24.8 Å². The standard InChI is InChI=1S/C19H18FN3O4.2ClH/c1-26-16-6-2-4-12(23-16)8-11(21)10-27-15-9-14(20)18-13(5-3-7-22-18)17(15)19(24)25;;/h2-7,9,11H,8,10,21H2,1H3,(H,24,25);2*1H/t11-;;/m1../s1. The molecule has 0 aliphatic carbocycles. The van der Waals surface area contributed by atoms with Crippen LogP contribution in [0.1, 0.15) is 16.1 Å². The molecule has 29 heavy (non-hydrogen) atoms. The van der Waals surface area contributed by atoms with Crippen LogP contribution in [0.25, 0.3) is 10.9 Å². The Morgan fingerprint density at radius 1 is 1.28 bits per heavy atom. The molecular weight excluding hydrogens is 424 g/mol. The van der Waals surface area contributed by atoms with Crippen molar-refractivity contribution < 1.29 is 23.8 Å². The van der Waals surface area contributed by atoms with Crippen molar-refractivity contribution in [3.8, 4) is 11.6 Å². The summed E-state index contributed by atoms with van der Waals surface area (Å²) in [6.07, 6.45) is 1.78. The van der Waals surface area contributed by atoms with Crippen molar-refractivity contribution in [1.82, 2.24) is 9.97 Å². The predicted molar refractivity (Wildman–Crippen MR) is 111 cm³/mol. The number of aromatic carboxylic acids is 1. The first-order chi connectivity index (χ1) is 13.0. The molecule has 0 spiro atoms. The molecule has 2 aromatic heterocycles. The Morgan fingerprint density at radius 3 is 2.72 bits per heavy atom. The first-order valence-electron chi connectivity index (χ1n) is 8.18. The lowest BCUT2D eigenvalue weighted by Gasteiger charge is -2.16. The van der Waals surface area contributed by atoms with E-state index in [9.17, 15) is 14.3 Å². The van der Waals surface area contributed by atoms with Crippen molar-refractivity contribution >= 4 is 41.7 Å². The smallest absolute Gasteiger partial charge is 0.340 e. The summed E-state index contributed by atoms with van der Waals surface area (Å²) in [5.74, 6) is -1.51. The number of halogens is 3. The Labute approximate surface area is 178 Å². The molecule has 0 saturated carbocycles. The summed E-state index contributed by atoms with van der Waals surface area (Å²) < 4.78 is 24.9. The van der Waals surface area contributed by atoms with E-state index in [1.807, 2.05) is 0 Å². The van der Waals surface area contributed by atoms with Crippen LogP contribution in [0.15, 0.2) is 42.6 Å². The summed E-state index contributed by atoms with van der Waals surface area (Å²) in [6.45, 7) is -0.00955. The van der Waals surface area contributed by atoms with E-state index < -0.39 is 17.8 Å². The number of carbonyl (C=O) groups is 1. The fourth-order valence-electron chi connectivity index (χ4n) is 2.73. The van der Waals surface area contributed by atoms with Gasteiger partial charge in [-0.05, 0) is 12.1 Å². The van der Waals surface area contributed by atoms with E-state index in [0.29, 0.717) is 18.0 Å². The van der Waals surface area contributed by atoms with Crippen molar-refractivity contribution in [2.45, 2.75) is 12.5 Å². The van der Waals surface area contributed by atoms with Gasteiger partial charge in [-0.15, -0.1) is 24.8 Å². The molecule has 3 rings (SSSR count). The number of ether oxygens (including phenoxy) is 2. The maximum Gasteiger partial charge on any atom is 0.340 e. The van der Waals surface area contributed by atoms with Crippen LogP contribution in [-0.4, -0.2) is 40.8 Å². The third kappa shape index (κ3) is 5.66. The van der Waals surface area contributed by atoms with Crippen LogP contribution < -0.4 is 15.2 Å². The van der Waals surface area contributed by atoms with Gasteiger partial charge in [-0.1, -0.05) is 12.1 Å². The number of methoxy groups -OCH3 is 1. The van der Waals surface area contributed by atoms with Crippen LogP contribution in [0.3, 0.4) is 0 Å². The van der Waals surface area contributed by atoms with E-state index in [1.54, 1.807) is 18.2 Å². The molecule has 0 radical (unpaired) electrons. The summed E-state index contributed by atoms with van der Waals surface area (Å²) in [4.78, 5) is 19.8. The topological polar surface area (TPSA) is 108 Å². The number of hydrogen-bond donors (Lipinski definition) is 2. The van der Waals surface area contributed by atoms with Gasteiger partial charge in [0.15, 0.2) is 5.82 Å². The zero-order valence-electron chi connectivity index (χ0n) is 15.4. The van der Waals surface area contributed by atoms with Crippen molar-refractivity contribution in [3.63, 3.8) is 0 Å². The first kappa shape index (κ1) is 24.4. The molecular formula is C19H20Cl2FN3O4. The second-order valence-corrected chi connectivity index (χ2v) is 5.88. The van der Waals surface area contributed by atoms with E-state index in [1.165, 1.54) is 25.4 Å². The molecule has 10 heteroatoms. The minimum absolute atomic E-state index is 0. The van der Waals surface area contributed by atoms with E-state index in [-0.39, 0.29) is 53.6 Å². The van der Waals surface area contributed by atoms with E-state index >= 15 is 0 Å². The van der Waals surface area contributed by atoms with Crippen LogP contribution in [0.2, 0.25) is 0 Å². The van der Waals surface area contributed by atoms with Crippen LogP contribution in [0, 0.1) is 5.82 Å². The average Bonchev–Trinajstić information content (AvgIpc) is 2.66. The number of hydrogen-bond acceptors (Lipinski definition) is 6. The second-order valence-electron chi connectivity index (χ2n) is 5.88. The summed E-state index contributed by atoms with van der Waals surface area (Å²) in [6, 6.07) is 8.89. The van der Waals surface area contributed by atoms with Gasteiger partial charge in [0, 0.05) is 41.9 Å². The fourth-order valence-corrected chi connectivity index (χ4v) is 2.73. The molecule has 0 amide bonds. The highest BCUT2D eigenvalue weighted by Gasteiger charge is 2.20. The van der Waals surface area contributed by atoms with E-state index in [0.717, 1.165) is 6.07 Å². The van der Waals surface area contributed by atoms with Gasteiger partial charge in [-0.3, -0.25) is 4.98 Å². The highest BCUT2D eigenvalue weighted by Crippen LogP contribution is 2.29. The third-order valence-electron chi connectivity index (χ3n) is 3.94. The lowest BCUT2D eigenvalue weighted by atomic mass is 10.1. The number of rotatable bonds is 7. The SMILES string of the molecule is COc1cccc(C[C@@H](N)COc2cc(F)c3ncccc3c2C(=O)O)n1.Cl.Cl. The number of benzene rings is 1. The van der Waals surface area contributed by atoms with Gasteiger partial charge in [0.2, 0.25) is 5.88 Å². The lowest BCUT2D eigenvalue weighted by Crippen LogP contribution is -2.31.